The fourth-order valence-electron chi connectivity index (χ4n) is 2.93. The Morgan fingerprint density at radius 1 is 0.917 bits per heavy atom. The average molecular weight is 332 g/mol. The predicted molar refractivity (Wildman–Crippen MR) is 87.8 cm³/mol. The molecular weight excluding hydrogens is 312 g/mol. The van der Waals surface area contributed by atoms with Gasteiger partial charge in [0.2, 0.25) is 12.5 Å². The molecule has 2 aromatic rings. The van der Waals surface area contributed by atoms with Crippen LogP contribution in [0.1, 0.15) is 24.0 Å². The predicted octanol–water partition coefficient (Wildman–Crippen LogP) is 3.30. The molecule has 1 aliphatic rings. The molecule has 0 amide bonds. The van der Waals surface area contributed by atoms with Crippen molar-refractivity contribution in [2.45, 2.75) is 12.8 Å². The number of benzene rings is 2. The van der Waals surface area contributed by atoms with Crippen LogP contribution in [0.2, 0.25) is 0 Å². The van der Waals surface area contributed by atoms with Gasteiger partial charge in [-0.15, -0.1) is 0 Å². The molecule has 1 unspecified atom stereocenters. The quantitative estimate of drug-likeness (QED) is 0.906. The van der Waals surface area contributed by atoms with Crippen LogP contribution < -0.4 is 23.7 Å². The summed E-state index contributed by atoms with van der Waals surface area (Å²) < 4.78 is 27.0. The summed E-state index contributed by atoms with van der Waals surface area (Å²) in [6.07, 6.45) is 0. The van der Waals surface area contributed by atoms with Gasteiger partial charge in [0, 0.05) is 23.1 Å². The number of methoxy groups -OCH3 is 3. The molecule has 6 nitrogen and oxygen atoms in total. The number of ether oxygens (including phenoxy) is 5. The Bertz CT molecular complexity index is 756. The van der Waals surface area contributed by atoms with Crippen LogP contribution in [0.5, 0.6) is 34.5 Å². The number of phenols is 1. The van der Waals surface area contributed by atoms with Gasteiger partial charge in [0.1, 0.15) is 5.75 Å². The Morgan fingerprint density at radius 3 is 2.21 bits per heavy atom. The number of fused-ring (bicyclic) bond motifs is 1. The van der Waals surface area contributed by atoms with E-state index >= 15 is 0 Å². The fourth-order valence-corrected chi connectivity index (χ4v) is 2.93. The fraction of sp³-hybridized carbons (Fsp3) is 0.333. The summed E-state index contributed by atoms with van der Waals surface area (Å²) in [5.41, 5.74) is 1.58. The molecule has 1 aliphatic heterocycles. The van der Waals surface area contributed by atoms with E-state index in [9.17, 15) is 5.11 Å². The molecule has 1 N–H and O–H groups in total. The first-order valence-electron chi connectivity index (χ1n) is 7.52. The number of hydrogen-bond donors (Lipinski definition) is 1. The molecule has 0 fully saturated rings. The molecule has 0 saturated carbocycles. The summed E-state index contributed by atoms with van der Waals surface area (Å²) in [6.45, 7) is 2.13. The Balaban J connectivity index is 2.09. The summed E-state index contributed by atoms with van der Waals surface area (Å²) in [4.78, 5) is 0. The van der Waals surface area contributed by atoms with E-state index in [1.165, 1.54) is 0 Å². The third kappa shape index (κ3) is 2.54. The molecule has 0 bridgehead atoms. The molecule has 128 valence electrons. The monoisotopic (exact) mass is 332 g/mol. The van der Waals surface area contributed by atoms with Crippen molar-refractivity contribution in [1.29, 1.82) is 0 Å². The second-order valence-electron chi connectivity index (χ2n) is 5.41. The van der Waals surface area contributed by atoms with E-state index in [1.54, 1.807) is 33.5 Å². The lowest BCUT2D eigenvalue weighted by molar-refractivity contribution is 0.174. The van der Waals surface area contributed by atoms with Gasteiger partial charge in [0.05, 0.1) is 21.3 Å². The lowest BCUT2D eigenvalue weighted by Crippen LogP contribution is -2.03. The normalized spacial score (nSPS) is 13.5. The number of hydrogen-bond acceptors (Lipinski definition) is 6. The van der Waals surface area contributed by atoms with E-state index in [2.05, 4.69) is 0 Å². The van der Waals surface area contributed by atoms with Crippen LogP contribution in [0.4, 0.5) is 0 Å². The number of aromatic hydroxyl groups is 1. The minimum absolute atomic E-state index is 0.142. The number of phenolic OH excluding ortho intramolecular Hbond substituents is 1. The van der Waals surface area contributed by atoms with E-state index in [4.69, 9.17) is 23.7 Å². The van der Waals surface area contributed by atoms with Crippen LogP contribution in [-0.4, -0.2) is 33.2 Å². The first kappa shape index (κ1) is 16.1. The summed E-state index contributed by atoms with van der Waals surface area (Å²) in [5, 5.41) is 10.4. The second kappa shape index (κ2) is 6.39. The van der Waals surface area contributed by atoms with Gasteiger partial charge < -0.3 is 28.8 Å². The first-order valence-corrected chi connectivity index (χ1v) is 7.52. The van der Waals surface area contributed by atoms with Crippen LogP contribution in [0.15, 0.2) is 24.3 Å². The van der Waals surface area contributed by atoms with Gasteiger partial charge in [-0.25, -0.2) is 0 Å². The van der Waals surface area contributed by atoms with Gasteiger partial charge in [-0.3, -0.25) is 0 Å². The highest BCUT2D eigenvalue weighted by molar-refractivity contribution is 5.60. The highest BCUT2D eigenvalue weighted by Crippen LogP contribution is 2.47. The van der Waals surface area contributed by atoms with Crippen molar-refractivity contribution in [2.24, 2.45) is 0 Å². The van der Waals surface area contributed by atoms with Gasteiger partial charge in [-0.2, -0.15) is 0 Å². The highest BCUT2D eigenvalue weighted by Gasteiger charge is 2.25. The van der Waals surface area contributed by atoms with Crippen LogP contribution in [0.3, 0.4) is 0 Å². The molecule has 0 radical (unpaired) electrons. The van der Waals surface area contributed by atoms with Crippen molar-refractivity contribution in [1.82, 2.24) is 0 Å². The van der Waals surface area contributed by atoms with Crippen LogP contribution >= 0.6 is 0 Å². The van der Waals surface area contributed by atoms with E-state index in [0.29, 0.717) is 34.3 Å². The lowest BCUT2D eigenvalue weighted by atomic mass is 9.91. The summed E-state index contributed by atoms with van der Waals surface area (Å²) >= 11 is 0. The topological polar surface area (TPSA) is 66.4 Å². The Kier molecular flexibility index (Phi) is 4.29. The van der Waals surface area contributed by atoms with E-state index in [-0.39, 0.29) is 18.5 Å². The Labute approximate surface area is 140 Å². The van der Waals surface area contributed by atoms with Crippen LogP contribution in [0, 0.1) is 0 Å². The molecule has 0 saturated heterocycles. The second-order valence-corrected chi connectivity index (χ2v) is 5.41. The summed E-state index contributed by atoms with van der Waals surface area (Å²) in [5.74, 6) is 2.82. The molecule has 0 aliphatic carbocycles. The minimum atomic E-state index is -0.158. The maximum Gasteiger partial charge on any atom is 0.231 e. The minimum Gasteiger partial charge on any atom is -0.508 e. The van der Waals surface area contributed by atoms with Gasteiger partial charge in [0.15, 0.2) is 23.0 Å². The largest absolute Gasteiger partial charge is 0.508 e. The van der Waals surface area contributed by atoms with Crippen molar-refractivity contribution in [3.05, 3.63) is 35.4 Å². The summed E-state index contributed by atoms with van der Waals surface area (Å²) in [7, 11) is 4.71. The van der Waals surface area contributed by atoms with E-state index < -0.39 is 0 Å². The molecule has 0 spiro atoms. The van der Waals surface area contributed by atoms with Crippen molar-refractivity contribution in [3.8, 4) is 34.5 Å². The third-order valence-corrected chi connectivity index (χ3v) is 4.19. The first-order chi connectivity index (χ1) is 11.6. The van der Waals surface area contributed by atoms with Crippen LogP contribution in [-0.2, 0) is 0 Å². The van der Waals surface area contributed by atoms with Crippen molar-refractivity contribution in [2.75, 3.05) is 28.1 Å². The maximum atomic E-state index is 10.4. The molecule has 24 heavy (non-hydrogen) atoms. The van der Waals surface area contributed by atoms with Crippen molar-refractivity contribution >= 4 is 0 Å². The van der Waals surface area contributed by atoms with Crippen molar-refractivity contribution < 1.29 is 28.8 Å². The van der Waals surface area contributed by atoms with E-state index in [0.717, 1.165) is 5.56 Å². The smallest absolute Gasteiger partial charge is 0.231 e. The Hall–Kier alpha value is -2.76. The SMILES string of the molecule is COc1ccc(C(C)c2cc3c(cc2O)OCO3)c(OC)c1OC. The molecule has 2 aromatic carbocycles. The Morgan fingerprint density at radius 2 is 1.58 bits per heavy atom. The maximum absolute atomic E-state index is 10.4. The molecule has 1 heterocycles. The average Bonchev–Trinajstić information content (AvgIpc) is 3.05. The van der Waals surface area contributed by atoms with Gasteiger partial charge in [-0.1, -0.05) is 13.0 Å². The molecule has 0 aromatic heterocycles. The van der Waals surface area contributed by atoms with Gasteiger partial charge in [0.25, 0.3) is 0 Å². The van der Waals surface area contributed by atoms with Gasteiger partial charge in [-0.05, 0) is 12.1 Å². The zero-order valence-corrected chi connectivity index (χ0v) is 14.1. The zero-order valence-electron chi connectivity index (χ0n) is 14.1. The third-order valence-electron chi connectivity index (χ3n) is 4.19. The summed E-state index contributed by atoms with van der Waals surface area (Å²) in [6, 6.07) is 7.08. The molecular formula is C18H20O6. The molecule has 3 rings (SSSR count). The van der Waals surface area contributed by atoms with E-state index in [1.807, 2.05) is 19.1 Å². The van der Waals surface area contributed by atoms with Crippen LogP contribution in [0.25, 0.3) is 0 Å². The lowest BCUT2D eigenvalue weighted by Gasteiger charge is -2.20. The molecule has 1 atom stereocenters. The van der Waals surface area contributed by atoms with Gasteiger partial charge >= 0.3 is 0 Å². The van der Waals surface area contributed by atoms with Crippen molar-refractivity contribution in [3.63, 3.8) is 0 Å². The number of rotatable bonds is 5. The zero-order chi connectivity index (χ0) is 17.3. The highest BCUT2D eigenvalue weighted by atomic mass is 16.7. The molecule has 6 heteroatoms. The standard InChI is InChI=1S/C18H20O6/c1-10(12-7-15-16(8-13(12)19)24-9-23-15)11-5-6-14(20-2)18(22-4)17(11)21-3/h5-8,10,19H,9H2,1-4H3.